The van der Waals surface area contributed by atoms with Crippen LogP contribution in [0.1, 0.15) is 15.9 Å². The van der Waals surface area contributed by atoms with E-state index < -0.39 is 0 Å². The quantitative estimate of drug-likeness (QED) is 0.826. The normalized spacial score (nSPS) is 10.0. The highest BCUT2D eigenvalue weighted by Crippen LogP contribution is 2.15. The van der Waals surface area contributed by atoms with Crippen molar-refractivity contribution in [1.29, 1.82) is 0 Å². The lowest BCUT2D eigenvalue weighted by Crippen LogP contribution is -2.12. The Morgan fingerprint density at radius 2 is 1.88 bits per heavy atom. The van der Waals surface area contributed by atoms with Gasteiger partial charge >= 0.3 is 0 Å². The standard InChI is InChI=1S/C13H11ClN2O/c1-9-7-8-11(15-12(9)14)16-13(17)10-5-3-2-4-6-10/h2-8H,1H3,(H,15,16,17). The second kappa shape index (κ2) is 4.97. The van der Waals surface area contributed by atoms with E-state index in [1.807, 2.05) is 31.2 Å². The molecule has 0 radical (unpaired) electrons. The SMILES string of the molecule is Cc1ccc(NC(=O)c2ccccc2)nc1Cl. The van der Waals surface area contributed by atoms with Crippen LogP contribution in [0.5, 0.6) is 0 Å². The fourth-order valence-corrected chi connectivity index (χ4v) is 1.51. The van der Waals surface area contributed by atoms with E-state index >= 15 is 0 Å². The predicted molar refractivity (Wildman–Crippen MR) is 68.4 cm³/mol. The summed E-state index contributed by atoms with van der Waals surface area (Å²) >= 11 is 5.88. The van der Waals surface area contributed by atoms with Crippen LogP contribution in [-0.2, 0) is 0 Å². The summed E-state index contributed by atoms with van der Waals surface area (Å²) in [4.78, 5) is 15.9. The first-order valence-electron chi connectivity index (χ1n) is 5.16. The van der Waals surface area contributed by atoms with Crippen molar-refractivity contribution in [2.75, 3.05) is 5.32 Å². The third-order valence-electron chi connectivity index (χ3n) is 2.31. The van der Waals surface area contributed by atoms with E-state index in [1.165, 1.54) is 0 Å². The summed E-state index contributed by atoms with van der Waals surface area (Å²) in [6, 6.07) is 12.5. The maximum Gasteiger partial charge on any atom is 0.256 e. The number of nitrogens with one attached hydrogen (secondary N) is 1. The number of carbonyl (C=O) groups is 1. The fraction of sp³-hybridized carbons (Fsp3) is 0.0769. The largest absolute Gasteiger partial charge is 0.307 e. The Hall–Kier alpha value is -1.87. The number of hydrogen-bond donors (Lipinski definition) is 1. The highest BCUT2D eigenvalue weighted by Gasteiger charge is 2.06. The van der Waals surface area contributed by atoms with Crippen molar-refractivity contribution < 1.29 is 4.79 Å². The molecular weight excluding hydrogens is 236 g/mol. The van der Waals surface area contributed by atoms with Crippen molar-refractivity contribution in [3.63, 3.8) is 0 Å². The summed E-state index contributed by atoms with van der Waals surface area (Å²) < 4.78 is 0. The average Bonchev–Trinajstić information content (AvgIpc) is 2.35. The second-order valence-corrected chi connectivity index (χ2v) is 3.98. The van der Waals surface area contributed by atoms with Crippen LogP contribution < -0.4 is 5.32 Å². The third kappa shape index (κ3) is 2.82. The number of carbonyl (C=O) groups excluding carboxylic acids is 1. The lowest BCUT2D eigenvalue weighted by Gasteiger charge is -2.05. The summed E-state index contributed by atoms with van der Waals surface area (Å²) in [5.41, 5.74) is 1.47. The van der Waals surface area contributed by atoms with Crippen LogP contribution in [0.25, 0.3) is 0 Å². The van der Waals surface area contributed by atoms with Gasteiger partial charge in [-0.25, -0.2) is 4.98 Å². The molecule has 86 valence electrons. The lowest BCUT2D eigenvalue weighted by molar-refractivity contribution is 0.102. The van der Waals surface area contributed by atoms with Crippen molar-refractivity contribution >= 4 is 23.3 Å². The van der Waals surface area contributed by atoms with E-state index in [9.17, 15) is 4.79 Å². The van der Waals surface area contributed by atoms with Gasteiger partial charge in [-0.1, -0.05) is 35.9 Å². The minimum Gasteiger partial charge on any atom is -0.307 e. The Labute approximate surface area is 104 Å². The van der Waals surface area contributed by atoms with Crippen LogP contribution >= 0.6 is 11.6 Å². The number of aromatic nitrogens is 1. The van der Waals surface area contributed by atoms with Crippen molar-refractivity contribution in [2.24, 2.45) is 0 Å². The van der Waals surface area contributed by atoms with Crippen molar-refractivity contribution in [2.45, 2.75) is 6.92 Å². The number of hydrogen-bond acceptors (Lipinski definition) is 2. The molecule has 1 aromatic heterocycles. The van der Waals surface area contributed by atoms with Gasteiger partial charge < -0.3 is 5.32 Å². The Kier molecular flexibility index (Phi) is 3.40. The van der Waals surface area contributed by atoms with Gasteiger partial charge in [0.25, 0.3) is 5.91 Å². The number of aryl methyl sites for hydroxylation is 1. The molecule has 1 heterocycles. The molecule has 0 aliphatic rings. The molecule has 1 aromatic carbocycles. The average molecular weight is 247 g/mol. The molecule has 0 aliphatic heterocycles. The molecule has 4 heteroatoms. The molecule has 1 N–H and O–H groups in total. The fourth-order valence-electron chi connectivity index (χ4n) is 1.35. The minimum absolute atomic E-state index is 0.196. The highest BCUT2D eigenvalue weighted by atomic mass is 35.5. The van der Waals surface area contributed by atoms with Crippen molar-refractivity contribution in [3.8, 4) is 0 Å². The Morgan fingerprint density at radius 3 is 2.53 bits per heavy atom. The molecule has 0 saturated heterocycles. The predicted octanol–water partition coefficient (Wildman–Crippen LogP) is 3.30. The molecular formula is C13H11ClN2O. The van der Waals surface area contributed by atoms with Gasteiger partial charge in [0, 0.05) is 5.56 Å². The molecule has 0 bridgehead atoms. The van der Waals surface area contributed by atoms with Crippen LogP contribution in [-0.4, -0.2) is 10.9 Å². The van der Waals surface area contributed by atoms with Gasteiger partial charge in [-0.15, -0.1) is 0 Å². The Bertz CT molecular complexity index is 540. The van der Waals surface area contributed by atoms with Gasteiger partial charge in [0.2, 0.25) is 0 Å². The Balaban J connectivity index is 2.16. The number of anilines is 1. The van der Waals surface area contributed by atoms with E-state index in [4.69, 9.17) is 11.6 Å². The number of pyridine rings is 1. The van der Waals surface area contributed by atoms with Crippen molar-refractivity contribution in [3.05, 3.63) is 58.7 Å². The second-order valence-electron chi connectivity index (χ2n) is 3.62. The van der Waals surface area contributed by atoms with Gasteiger partial charge in [-0.3, -0.25) is 4.79 Å². The maximum atomic E-state index is 11.8. The highest BCUT2D eigenvalue weighted by molar-refractivity contribution is 6.30. The third-order valence-corrected chi connectivity index (χ3v) is 2.70. The molecule has 2 rings (SSSR count). The molecule has 0 atom stereocenters. The molecule has 1 amide bonds. The zero-order chi connectivity index (χ0) is 12.3. The number of benzene rings is 1. The number of amides is 1. The first-order valence-corrected chi connectivity index (χ1v) is 5.54. The molecule has 0 saturated carbocycles. The smallest absolute Gasteiger partial charge is 0.256 e. The maximum absolute atomic E-state index is 11.8. The van der Waals surface area contributed by atoms with E-state index in [2.05, 4.69) is 10.3 Å². The Morgan fingerprint density at radius 1 is 1.18 bits per heavy atom. The van der Waals surface area contributed by atoms with Crippen LogP contribution in [0.4, 0.5) is 5.82 Å². The minimum atomic E-state index is -0.196. The van der Waals surface area contributed by atoms with E-state index in [0.717, 1.165) is 5.56 Å². The molecule has 2 aromatic rings. The molecule has 0 aliphatic carbocycles. The van der Waals surface area contributed by atoms with Gasteiger partial charge in [-0.2, -0.15) is 0 Å². The van der Waals surface area contributed by atoms with Crippen LogP contribution in [0.15, 0.2) is 42.5 Å². The lowest BCUT2D eigenvalue weighted by atomic mass is 10.2. The summed E-state index contributed by atoms with van der Waals surface area (Å²) in [6.45, 7) is 1.86. The van der Waals surface area contributed by atoms with Crippen LogP contribution in [0.3, 0.4) is 0 Å². The van der Waals surface area contributed by atoms with Crippen molar-refractivity contribution in [1.82, 2.24) is 4.98 Å². The number of halogens is 1. The molecule has 3 nitrogen and oxygen atoms in total. The van der Waals surface area contributed by atoms with Gasteiger partial charge in [-0.05, 0) is 30.7 Å². The zero-order valence-corrected chi connectivity index (χ0v) is 10.0. The molecule has 0 unspecified atom stereocenters. The van der Waals surface area contributed by atoms with Crippen LogP contribution in [0.2, 0.25) is 5.15 Å². The first kappa shape index (κ1) is 11.6. The number of nitrogens with zero attached hydrogens (tertiary/aromatic N) is 1. The van der Waals surface area contributed by atoms with Gasteiger partial charge in [0.05, 0.1) is 0 Å². The topological polar surface area (TPSA) is 42.0 Å². The van der Waals surface area contributed by atoms with E-state index in [1.54, 1.807) is 18.2 Å². The molecule has 0 spiro atoms. The van der Waals surface area contributed by atoms with E-state index in [-0.39, 0.29) is 5.91 Å². The van der Waals surface area contributed by atoms with E-state index in [0.29, 0.717) is 16.5 Å². The van der Waals surface area contributed by atoms with Crippen LogP contribution in [0, 0.1) is 6.92 Å². The monoisotopic (exact) mass is 246 g/mol. The zero-order valence-electron chi connectivity index (χ0n) is 9.27. The summed E-state index contributed by atoms with van der Waals surface area (Å²) in [7, 11) is 0. The molecule has 0 fully saturated rings. The van der Waals surface area contributed by atoms with Gasteiger partial charge in [0.1, 0.15) is 11.0 Å². The first-order chi connectivity index (χ1) is 8.16. The summed E-state index contributed by atoms with van der Waals surface area (Å²) in [5, 5.41) is 3.09. The summed E-state index contributed by atoms with van der Waals surface area (Å²) in [6.07, 6.45) is 0. The molecule has 17 heavy (non-hydrogen) atoms. The number of rotatable bonds is 2. The van der Waals surface area contributed by atoms with Gasteiger partial charge in [0.15, 0.2) is 0 Å². The summed E-state index contributed by atoms with van der Waals surface area (Å²) in [5.74, 6) is 0.257.